The predicted octanol–water partition coefficient (Wildman–Crippen LogP) is 3.97. The van der Waals surface area contributed by atoms with Gasteiger partial charge < -0.3 is 9.64 Å². The molecule has 22 heavy (non-hydrogen) atoms. The molecule has 0 unspecified atom stereocenters. The van der Waals surface area contributed by atoms with Crippen molar-refractivity contribution >= 4 is 16.7 Å². The molecule has 1 aliphatic heterocycles. The number of amides is 1. The maximum atomic E-state index is 13.0. The molecule has 0 saturated carbocycles. The van der Waals surface area contributed by atoms with Crippen molar-refractivity contribution in [1.82, 2.24) is 4.90 Å². The summed E-state index contributed by atoms with van der Waals surface area (Å²) in [5.41, 5.74) is 0.669. The van der Waals surface area contributed by atoms with Gasteiger partial charge in [0.15, 0.2) is 0 Å². The second-order valence-corrected chi connectivity index (χ2v) is 6.56. The average Bonchev–Trinajstić information content (AvgIpc) is 2.52. The molecule has 0 aromatic heterocycles. The fraction of sp³-hybridized carbons (Fsp3) is 0.421. The Morgan fingerprint density at radius 1 is 1.09 bits per heavy atom. The molecule has 1 amide bonds. The molecule has 0 N–H and O–H groups in total. The van der Waals surface area contributed by atoms with Gasteiger partial charge >= 0.3 is 0 Å². The summed E-state index contributed by atoms with van der Waals surface area (Å²) in [7, 11) is 1.63. The lowest BCUT2D eigenvalue weighted by Gasteiger charge is -2.35. The van der Waals surface area contributed by atoms with E-state index in [2.05, 4.69) is 13.8 Å². The summed E-state index contributed by atoms with van der Waals surface area (Å²) in [6.07, 6.45) is 1.19. The molecule has 1 heterocycles. The van der Waals surface area contributed by atoms with E-state index in [0.717, 1.165) is 23.9 Å². The van der Waals surface area contributed by atoms with Crippen LogP contribution in [0, 0.1) is 11.8 Å². The van der Waals surface area contributed by atoms with E-state index in [1.165, 1.54) is 6.42 Å². The van der Waals surface area contributed by atoms with Crippen LogP contribution in [0.1, 0.15) is 30.6 Å². The molecule has 0 radical (unpaired) electrons. The highest BCUT2D eigenvalue weighted by atomic mass is 16.5. The Hall–Kier alpha value is -2.03. The lowest BCUT2D eigenvalue weighted by atomic mass is 9.91. The van der Waals surface area contributed by atoms with Gasteiger partial charge in [0.2, 0.25) is 0 Å². The van der Waals surface area contributed by atoms with Crippen molar-refractivity contribution in [3.63, 3.8) is 0 Å². The van der Waals surface area contributed by atoms with Gasteiger partial charge in [-0.1, -0.05) is 38.1 Å². The second kappa shape index (κ2) is 5.99. The van der Waals surface area contributed by atoms with Crippen LogP contribution < -0.4 is 4.74 Å². The highest BCUT2D eigenvalue weighted by Crippen LogP contribution is 2.29. The molecule has 1 aliphatic rings. The number of benzene rings is 2. The van der Waals surface area contributed by atoms with Crippen molar-refractivity contribution in [3.05, 3.63) is 42.0 Å². The summed E-state index contributed by atoms with van der Waals surface area (Å²) in [6.45, 7) is 6.10. The number of rotatable bonds is 2. The van der Waals surface area contributed by atoms with Gasteiger partial charge in [0.25, 0.3) is 5.91 Å². The smallest absolute Gasteiger partial charge is 0.257 e. The van der Waals surface area contributed by atoms with E-state index < -0.39 is 0 Å². The number of piperidine rings is 1. The standard InChI is InChI=1S/C19H23NO2/c1-13-8-14(2)12-20(11-13)19(21)17-9-15-6-4-5-7-16(15)10-18(17)22-3/h4-7,9-10,13-14H,8,11-12H2,1-3H3/t13-,14+. The fourth-order valence-electron chi connectivity index (χ4n) is 3.55. The van der Waals surface area contributed by atoms with Gasteiger partial charge in [-0.05, 0) is 41.2 Å². The Morgan fingerprint density at radius 2 is 1.68 bits per heavy atom. The number of fused-ring (bicyclic) bond motifs is 1. The van der Waals surface area contributed by atoms with E-state index in [-0.39, 0.29) is 5.91 Å². The van der Waals surface area contributed by atoms with Crippen LogP contribution in [0.5, 0.6) is 5.75 Å². The van der Waals surface area contributed by atoms with E-state index in [9.17, 15) is 4.79 Å². The van der Waals surface area contributed by atoms with Crippen LogP contribution in [0.3, 0.4) is 0 Å². The Bertz CT molecular complexity index is 685. The molecule has 2 aromatic carbocycles. The molecule has 1 saturated heterocycles. The summed E-state index contributed by atoms with van der Waals surface area (Å²) >= 11 is 0. The Kier molecular flexibility index (Phi) is 4.06. The first-order valence-electron chi connectivity index (χ1n) is 7.94. The van der Waals surface area contributed by atoms with Crippen LogP contribution in [0.15, 0.2) is 36.4 Å². The summed E-state index contributed by atoms with van der Waals surface area (Å²) in [4.78, 5) is 14.9. The zero-order valence-electron chi connectivity index (χ0n) is 13.5. The van der Waals surface area contributed by atoms with Crippen molar-refractivity contribution in [2.24, 2.45) is 11.8 Å². The Morgan fingerprint density at radius 3 is 2.27 bits per heavy atom. The molecule has 3 heteroatoms. The number of nitrogens with zero attached hydrogens (tertiary/aromatic N) is 1. The summed E-state index contributed by atoms with van der Waals surface area (Å²) in [5, 5.41) is 2.17. The van der Waals surface area contributed by atoms with Crippen molar-refractivity contribution in [2.45, 2.75) is 20.3 Å². The van der Waals surface area contributed by atoms with Gasteiger partial charge in [0.05, 0.1) is 12.7 Å². The third-order valence-electron chi connectivity index (χ3n) is 4.45. The van der Waals surface area contributed by atoms with E-state index in [1.807, 2.05) is 41.3 Å². The molecule has 2 atom stereocenters. The number of hydrogen-bond acceptors (Lipinski definition) is 2. The molecule has 0 spiro atoms. The van der Waals surface area contributed by atoms with Gasteiger partial charge in [-0.2, -0.15) is 0 Å². The first kappa shape index (κ1) is 14.9. The molecule has 0 aliphatic carbocycles. The van der Waals surface area contributed by atoms with E-state index in [4.69, 9.17) is 4.74 Å². The first-order chi connectivity index (χ1) is 10.6. The van der Waals surface area contributed by atoms with Crippen LogP contribution in [0.4, 0.5) is 0 Å². The lowest BCUT2D eigenvalue weighted by molar-refractivity contribution is 0.0620. The number of likely N-dealkylation sites (tertiary alicyclic amines) is 1. The summed E-state index contributed by atoms with van der Waals surface area (Å²) < 4.78 is 5.47. The lowest BCUT2D eigenvalue weighted by Crippen LogP contribution is -2.42. The monoisotopic (exact) mass is 297 g/mol. The largest absolute Gasteiger partial charge is 0.496 e. The van der Waals surface area contributed by atoms with E-state index >= 15 is 0 Å². The SMILES string of the molecule is COc1cc2ccccc2cc1C(=O)N1C[C@H](C)C[C@H](C)C1. The number of carbonyl (C=O) groups is 1. The third kappa shape index (κ3) is 2.80. The van der Waals surface area contributed by atoms with Crippen molar-refractivity contribution in [3.8, 4) is 5.75 Å². The quantitative estimate of drug-likeness (QED) is 0.839. The molecule has 1 fully saturated rings. The molecular formula is C19H23NO2. The van der Waals surface area contributed by atoms with Crippen LogP contribution in [0.2, 0.25) is 0 Å². The van der Waals surface area contributed by atoms with Crippen LogP contribution >= 0.6 is 0 Å². The van der Waals surface area contributed by atoms with Gasteiger partial charge in [-0.25, -0.2) is 0 Å². The van der Waals surface area contributed by atoms with E-state index in [0.29, 0.717) is 23.1 Å². The maximum absolute atomic E-state index is 13.0. The molecule has 3 nitrogen and oxygen atoms in total. The second-order valence-electron chi connectivity index (χ2n) is 6.56. The molecule has 2 aromatic rings. The minimum Gasteiger partial charge on any atom is -0.496 e. The van der Waals surface area contributed by atoms with Crippen LogP contribution in [-0.2, 0) is 0 Å². The van der Waals surface area contributed by atoms with Crippen molar-refractivity contribution < 1.29 is 9.53 Å². The fourth-order valence-corrected chi connectivity index (χ4v) is 3.55. The number of ether oxygens (including phenoxy) is 1. The Labute approximate surface area is 131 Å². The van der Waals surface area contributed by atoms with Gasteiger partial charge in [0, 0.05) is 13.1 Å². The van der Waals surface area contributed by atoms with Gasteiger partial charge in [0.1, 0.15) is 5.75 Å². The highest BCUT2D eigenvalue weighted by molar-refractivity contribution is 6.01. The zero-order chi connectivity index (χ0) is 15.7. The normalized spacial score (nSPS) is 21.9. The Balaban J connectivity index is 1.99. The topological polar surface area (TPSA) is 29.5 Å². The van der Waals surface area contributed by atoms with Gasteiger partial charge in [-0.3, -0.25) is 4.79 Å². The minimum atomic E-state index is 0.0843. The summed E-state index contributed by atoms with van der Waals surface area (Å²) in [5.74, 6) is 1.86. The van der Waals surface area contributed by atoms with Crippen molar-refractivity contribution in [2.75, 3.05) is 20.2 Å². The zero-order valence-corrected chi connectivity index (χ0v) is 13.5. The summed E-state index contributed by atoms with van der Waals surface area (Å²) in [6, 6.07) is 12.0. The van der Waals surface area contributed by atoms with Crippen molar-refractivity contribution in [1.29, 1.82) is 0 Å². The number of hydrogen-bond donors (Lipinski definition) is 0. The third-order valence-corrected chi connectivity index (χ3v) is 4.45. The molecule has 0 bridgehead atoms. The molecule has 3 rings (SSSR count). The van der Waals surface area contributed by atoms with E-state index in [1.54, 1.807) is 7.11 Å². The molecule has 116 valence electrons. The predicted molar refractivity (Wildman–Crippen MR) is 89.3 cm³/mol. The minimum absolute atomic E-state index is 0.0843. The van der Waals surface area contributed by atoms with Crippen LogP contribution in [0.25, 0.3) is 10.8 Å². The number of methoxy groups -OCH3 is 1. The highest BCUT2D eigenvalue weighted by Gasteiger charge is 2.27. The van der Waals surface area contributed by atoms with Gasteiger partial charge in [-0.15, -0.1) is 0 Å². The maximum Gasteiger partial charge on any atom is 0.257 e. The average molecular weight is 297 g/mol. The van der Waals surface area contributed by atoms with Crippen LogP contribution in [-0.4, -0.2) is 31.0 Å². The molecular weight excluding hydrogens is 274 g/mol. The number of carbonyl (C=O) groups excluding carboxylic acids is 1. The first-order valence-corrected chi connectivity index (χ1v) is 7.94.